The van der Waals surface area contributed by atoms with E-state index >= 15 is 0 Å². The molecule has 10 nitrogen and oxygen atoms in total. The minimum atomic E-state index is -0.566. The first-order valence-electron chi connectivity index (χ1n) is 9.65. The van der Waals surface area contributed by atoms with Crippen molar-refractivity contribution in [1.82, 2.24) is 10.6 Å². The van der Waals surface area contributed by atoms with Gasteiger partial charge in [0.1, 0.15) is 11.5 Å². The van der Waals surface area contributed by atoms with Crippen molar-refractivity contribution in [2.75, 3.05) is 35.5 Å². The number of carbonyl (C=O) groups is 2. The van der Waals surface area contributed by atoms with Crippen molar-refractivity contribution < 1.29 is 33.3 Å². The topological polar surface area (TPSA) is 117 Å². The maximum absolute atomic E-state index is 12.9. The fraction of sp³-hybridized carbons (Fsp3) is 0.318. The van der Waals surface area contributed by atoms with Crippen LogP contribution in [0.15, 0.2) is 35.3 Å². The van der Waals surface area contributed by atoms with Crippen molar-refractivity contribution in [2.45, 2.75) is 12.5 Å². The van der Waals surface area contributed by atoms with Crippen LogP contribution in [-0.4, -0.2) is 53.3 Å². The third-order valence-electron chi connectivity index (χ3n) is 4.88. The zero-order valence-electron chi connectivity index (χ0n) is 18.5. The van der Waals surface area contributed by atoms with E-state index in [0.29, 0.717) is 34.3 Å². The molecule has 2 aromatic carbocycles. The summed E-state index contributed by atoms with van der Waals surface area (Å²) in [6.07, 6.45) is 0.0904. The third kappa shape index (κ3) is 4.69. The van der Waals surface area contributed by atoms with Gasteiger partial charge >= 0.3 is 0 Å². The Hall–Kier alpha value is -3.95. The Morgan fingerprint density at radius 1 is 0.938 bits per heavy atom. The first-order chi connectivity index (χ1) is 15.4. The Labute approximate surface area is 185 Å². The Kier molecular flexibility index (Phi) is 7.04. The summed E-state index contributed by atoms with van der Waals surface area (Å²) in [5.41, 5.74) is 0.902. The number of aliphatic imine (C=N–C) groups is 1. The summed E-state index contributed by atoms with van der Waals surface area (Å²) in [6.45, 7) is 0. The fourth-order valence-corrected chi connectivity index (χ4v) is 3.33. The van der Waals surface area contributed by atoms with Crippen LogP contribution < -0.4 is 34.3 Å². The first-order valence-corrected chi connectivity index (χ1v) is 9.65. The highest BCUT2D eigenvalue weighted by molar-refractivity contribution is 6.11. The van der Waals surface area contributed by atoms with E-state index in [1.807, 2.05) is 0 Å². The van der Waals surface area contributed by atoms with Gasteiger partial charge in [-0.15, -0.1) is 0 Å². The molecule has 10 heteroatoms. The molecule has 0 fully saturated rings. The van der Waals surface area contributed by atoms with Gasteiger partial charge in [-0.2, -0.15) is 0 Å². The highest BCUT2D eigenvalue weighted by Crippen LogP contribution is 2.38. The smallest absolute Gasteiger partial charge is 0.258 e. The summed E-state index contributed by atoms with van der Waals surface area (Å²) in [7, 11) is 7.46. The number of benzene rings is 2. The molecule has 170 valence electrons. The lowest BCUT2D eigenvalue weighted by molar-refractivity contribution is -0.120. The fourth-order valence-electron chi connectivity index (χ4n) is 3.33. The van der Waals surface area contributed by atoms with E-state index < -0.39 is 11.9 Å². The van der Waals surface area contributed by atoms with Gasteiger partial charge in [0.25, 0.3) is 5.91 Å². The second-order valence-corrected chi connectivity index (χ2v) is 6.72. The van der Waals surface area contributed by atoms with E-state index in [2.05, 4.69) is 15.6 Å². The molecule has 0 aromatic heterocycles. The number of hydrogen-bond acceptors (Lipinski definition) is 8. The molecule has 1 heterocycles. The quantitative estimate of drug-likeness (QED) is 0.673. The van der Waals surface area contributed by atoms with Crippen LogP contribution in [0, 0.1) is 0 Å². The summed E-state index contributed by atoms with van der Waals surface area (Å²) in [5, 5.41) is 5.21. The Morgan fingerprint density at radius 3 is 2.16 bits per heavy atom. The van der Waals surface area contributed by atoms with Crippen molar-refractivity contribution in [1.29, 1.82) is 0 Å². The molecular formula is C22H25N3O7. The molecule has 1 atom stereocenters. The van der Waals surface area contributed by atoms with Gasteiger partial charge in [0.05, 0.1) is 48.0 Å². The van der Waals surface area contributed by atoms with Crippen LogP contribution in [0.5, 0.6) is 28.7 Å². The van der Waals surface area contributed by atoms with E-state index in [1.165, 1.54) is 40.6 Å². The number of carbonyl (C=O) groups excluding carboxylic acids is 2. The zero-order valence-corrected chi connectivity index (χ0v) is 18.5. The maximum Gasteiger partial charge on any atom is 0.258 e. The summed E-state index contributed by atoms with van der Waals surface area (Å²) in [6, 6.07) is 7.69. The largest absolute Gasteiger partial charge is 0.497 e. The van der Waals surface area contributed by atoms with Crippen LogP contribution in [-0.2, 0) is 4.79 Å². The molecule has 2 N–H and O–H groups in total. The molecule has 2 aromatic rings. The average Bonchev–Trinajstić information content (AvgIpc) is 2.81. The highest BCUT2D eigenvalue weighted by Gasteiger charge is 2.27. The van der Waals surface area contributed by atoms with Gasteiger partial charge in [-0.1, -0.05) is 0 Å². The van der Waals surface area contributed by atoms with E-state index in [1.54, 1.807) is 25.3 Å². The van der Waals surface area contributed by atoms with Gasteiger partial charge in [-0.05, 0) is 30.3 Å². The van der Waals surface area contributed by atoms with Gasteiger partial charge < -0.3 is 23.7 Å². The van der Waals surface area contributed by atoms with Gasteiger partial charge in [-0.3, -0.25) is 20.2 Å². The molecule has 0 spiro atoms. The molecule has 0 unspecified atom stereocenters. The number of nitrogens with one attached hydrogen (secondary N) is 2. The molecule has 3 rings (SSSR count). The standard InChI is InChI=1S/C22H25N3O7/c1-28-13-6-7-16(29-2)14(10-13)15-11-19(26)24-22(23-15)25-21(27)12-8-17(30-3)20(32-5)18(9-12)31-4/h6-10,15H,11H2,1-5H3,(H2,23,24,25,26,27)/t15-/m1/s1. The average molecular weight is 443 g/mol. The molecule has 0 radical (unpaired) electrons. The van der Waals surface area contributed by atoms with Crippen molar-refractivity contribution in [2.24, 2.45) is 4.99 Å². The van der Waals surface area contributed by atoms with Crippen LogP contribution >= 0.6 is 0 Å². The Morgan fingerprint density at radius 2 is 1.59 bits per heavy atom. The van der Waals surface area contributed by atoms with Crippen LogP contribution in [0.4, 0.5) is 0 Å². The number of amides is 2. The Bertz CT molecular complexity index is 1030. The van der Waals surface area contributed by atoms with Crippen molar-refractivity contribution in [3.05, 3.63) is 41.5 Å². The molecule has 0 saturated heterocycles. The van der Waals surface area contributed by atoms with Crippen LogP contribution in [0.3, 0.4) is 0 Å². The van der Waals surface area contributed by atoms with Crippen molar-refractivity contribution in [3.63, 3.8) is 0 Å². The molecule has 1 aliphatic heterocycles. The summed E-state index contributed by atoms with van der Waals surface area (Å²) in [4.78, 5) is 29.7. The molecule has 0 saturated carbocycles. The van der Waals surface area contributed by atoms with Crippen LogP contribution in [0.1, 0.15) is 28.4 Å². The van der Waals surface area contributed by atoms with Gasteiger partial charge in [0.15, 0.2) is 11.5 Å². The summed E-state index contributed by atoms with van der Waals surface area (Å²) < 4.78 is 26.5. The first kappa shape index (κ1) is 22.7. The molecule has 0 bridgehead atoms. The minimum absolute atomic E-state index is 0.0230. The van der Waals surface area contributed by atoms with Crippen molar-refractivity contribution in [3.8, 4) is 28.7 Å². The normalized spacial score (nSPS) is 15.2. The van der Waals surface area contributed by atoms with Gasteiger partial charge in [-0.25, -0.2) is 4.99 Å². The molecule has 32 heavy (non-hydrogen) atoms. The SMILES string of the molecule is COc1ccc(OC)c([C@H]2CC(=O)NC(NC(=O)c3cc(OC)c(OC)c(OC)c3)=N2)c1. The van der Waals surface area contributed by atoms with E-state index in [4.69, 9.17) is 23.7 Å². The Balaban J connectivity index is 1.91. The van der Waals surface area contributed by atoms with Crippen LogP contribution in [0.2, 0.25) is 0 Å². The number of rotatable bonds is 7. The summed E-state index contributed by atoms with van der Waals surface area (Å²) >= 11 is 0. The second-order valence-electron chi connectivity index (χ2n) is 6.72. The highest BCUT2D eigenvalue weighted by atomic mass is 16.5. The van der Waals surface area contributed by atoms with E-state index in [0.717, 1.165) is 0 Å². The maximum atomic E-state index is 12.9. The van der Waals surface area contributed by atoms with Gasteiger partial charge in [0.2, 0.25) is 17.6 Å². The number of guanidine groups is 1. The molecule has 0 aliphatic carbocycles. The monoisotopic (exact) mass is 443 g/mol. The molecule has 1 aliphatic rings. The number of hydrogen-bond donors (Lipinski definition) is 2. The second kappa shape index (κ2) is 9.90. The minimum Gasteiger partial charge on any atom is -0.497 e. The zero-order chi connectivity index (χ0) is 23.3. The lowest BCUT2D eigenvalue weighted by atomic mass is 10.0. The van der Waals surface area contributed by atoms with Crippen molar-refractivity contribution >= 4 is 17.8 Å². The summed E-state index contributed by atoms with van der Waals surface area (Å²) in [5.74, 6) is 1.39. The number of ether oxygens (including phenoxy) is 5. The van der Waals surface area contributed by atoms with E-state index in [9.17, 15) is 9.59 Å². The number of nitrogens with zero attached hydrogens (tertiary/aromatic N) is 1. The predicted octanol–water partition coefficient (Wildman–Crippen LogP) is 2.08. The van der Waals surface area contributed by atoms with Gasteiger partial charge in [0, 0.05) is 11.1 Å². The van der Waals surface area contributed by atoms with E-state index in [-0.39, 0.29) is 23.9 Å². The molecular weight excluding hydrogens is 418 g/mol. The predicted molar refractivity (Wildman–Crippen MR) is 116 cm³/mol. The van der Waals surface area contributed by atoms with Crippen LogP contribution in [0.25, 0.3) is 0 Å². The third-order valence-corrected chi connectivity index (χ3v) is 4.88. The molecule has 2 amide bonds. The lowest BCUT2D eigenvalue weighted by Gasteiger charge is -2.23. The lowest BCUT2D eigenvalue weighted by Crippen LogP contribution is -2.47. The number of methoxy groups -OCH3 is 5.